The van der Waals surface area contributed by atoms with Crippen molar-refractivity contribution in [3.05, 3.63) is 71.0 Å². The van der Waals surface area contributed by atoms with Crippen LogP contribution in [0, 0.1) is 12.7 Å². The predicted octanol–water partition coefficient (Wildman–Crippen LogP) is 2.54. The SMILES string of the molecule is Cc1ccc(CNC(=O)CNCc2ccc(F)cc2)cc1. The van der Waals surface area contributed by atoms with E-state index in [-0.39, 0.29) is 18.3 Å². The van der Waals surface area contributed by atoms with Crippen LogP contribution in [0.15, 0.2) is 48.5 Å². The minimum atomic E-state index is -0.255. The number of hydrogen-bond donors (Lipinski definition) is 2. The van der Waals surface area contributed by atoms with Gasteiger partial charge < -0.3 is 10.6 Å². The summed E-state index contributed by atoms with van der Waals surface area (Å²) in [6.45, 7) is 3.33. The van der Waals surface area contributed by atoms with Gasteiger partial charge in [-0.05, 0) is 30.2 Å². The molecule has 0 bridgehead atoms. The van der Waals surface area contributed by atoms with Gasteiger partial charge >= 0.3 is 0 Å². The van der Waals surface area contributed by atoms with Crippen LogP contribution in [0.3, 0.4) is 0 Å². The van der Waals surface area contributed by atoms with Crippen molar-refractivity contribution in [2.45, 2.75) is 20.0 Å². The second-order valence-corrected chi connectivity index (χ2v) is 4.99. The second kappa shape index (κ2) is 7.55. The molecule has 0 spiro atoms. The van der Waals surface area contributed by atoms with Gasteiger partial charge in [0, 0.05) is 13.1 Å². The highest BCUT2D eigenvalue weighted by Gasteiger charge is 2.01. The van der Waals surface area contributed by atoms with E-state index in [9.17, 15) is 9.18 Å². The Morgan fingerprint density at radius 1 is 0.952 bits per heavy atom. The summed E-state index contributed by atoms with van der Waals surface area (Å²) in [5.41, 5.74) is 3.22. The first-order valence-electron chi connectivity index (χ1n) is 6.91. The molecule has 0 saturated heterocycles. The molecule has 2 N–H and O–H groups in total. The quantitative estimate of drug-likeness (QED) is 0.857. The summed E-state index contributed by atoms with van der Waals surface area (Å²) in [5, 5.41) is 5.88. The van der Waals surface area contributed by atoms with Gasteiger partial charge in [-0.3, -0.25) is 4.79 Å². The molecule has 0 aliphatic heterocycles. The molecule has 0 aliphatic rings. The number of carbonyl (C=O) groups is 1. The summed E-state index contributed by atoms with van der Waals surface area (Å²) in [7, 11) is 0. The van der Waals surface area contributed by atoms with Crippen LogP contribution in [0.2, 0.25) is 0 Å². The minimum Gasteiger partial charge on any atom is -0.351 e. The summed E-state index contributed by atoms with van der Waals surface area (Å²) >= 11 is 0. The number of aryl methyl sites for hydroxylation is 1. The third-order valence-corrected chi connectivity index (χ3v) is 3.14. The number of nitrogens with one attached hydrogen (secondary N) is 2. The molecule has 2 rings (SSSR count). The van der Waals surface area contributed by atoms with Crippen LogP contribution in [0.25, 0.3) is 0 Å². The zero-order valence-electron chi connectivity index (χ0n) is 12.0. The summed E-state index contributed by atoms with van der Waals surface area (Å²) in [6, 6.07) is 14.3. The fourth-order valence-corrected chi connectivity index (χ4v) is 1.89. The summed E-state index contributed by atoms with van der Waals surface area (Å²) in [6.07, 6.45) is 0. The Labute approximate surface area is 124 Å². The predicted molar refractivity (Wildman–Crippen MR) is 81.1 cm³/mol. The number of amides is 1. The number of carbonyl (C=O) groups excluding carboxylic acids is 1. The van der Waals surface area contributed by atoms with Crippen molar-refractivity contribution < 1.29 is 9.18 Å². The minimum absolute atomic E-state index is 0.0577. The van der Waals surface area contributed by atoms with Gasteiger partial charge in [-0.2, -0.15) is 0 Å². The average molecular weight is 286 g/mol. The lowest BCUT2D eigenvalue weighted by Gasteiger charge is -2.07. The normalized spacial score (nSPS) is 10.4. The average Bonchev–Trinajstić information content (AvgIpc) is 2.49. The highest BCUT2D eigenvalue weighted by Crippen LogP contribution is 2.03. The second-order valence-electron chi connectivity index (χ2n) is 4.99. The number of halogens is 1. The maximum atomic E-state index is 12.7. The summed E-state index contributed by atoms with van der Waals surface area (Å²) in [5.74, 6) is -0.313. The van der Waals surface area contributed by atoms with Gasteiger partial charge in [-0.1, -0.05) is 42.0 Å². The van der Waals surface area contributed by atoms with Gasteiger partial charge in [0.15, 0.2) is 0 Å². The van der Waals surface area contributed by atoms with Gasteiger partial charge in [0.1, 0.15) is 5.82 Å². The van der Waals surface area contributed by atoms with Crippen molar-refractivity contribution in [3.8, 4) is 0 Å². The largest absolute Gasteiger partial charge is 0.351 e. The topological polar surface area (TPSA) is 41.1 Å². The molecule has 0 saturated carbocycles. The molecule has 21 heavy (non-hydrogen) atoms. The molecule has 2 aromatic rings. The lowest BCUT2D eigenvalue weighted by molar-refractivity contribution is -0.120. The van der Waals surface area contributed by atoms with Gasteiger partial charge in [0.05, 0.1) is 6.54 Å². The van der Waals surface area contributed by atoms with E-state index in [1.807, 2.05) is 31.2 Å². The Bertz CT molecular complexity index is 579. The third kappa shape index (κ3) is 5.36. The maximum Gasteiger partial charge on any atom is 0.234 e. The van der Waals surface area contributed by atoms with E-state index < -0.39 is 0 Å². The zero-order chi connectivity index (χ0) is 15.1. The molecule has 3 nitrogen and oxygen atoms in total. The Balaban J connectivity index is 1.67. The molecule has 2 aromatic carbocycles. The van der Waals surface area contributed by atoms with E-state index in [0.29, 0.717) is 13.1 Å². The van der Waals surface area contributed by atoms with Crippen LogP contribution in [-0.4, -0.2) is 12.5 Å². The van der Waals surface area contributed by atoms with Crippen LogP contribution in [-0.2, 0) is 17.9 Å². The van der Waals surface area contributed by atoms with Crippen molar-refractivity contribution >= 4 is 5.91 Å². The molecular formula is C17H19FN2O. The van der Waals surface area contributed by atoms with E-state index in [4.69, 9.17) is 0 Å². The van der Waals surface area contributed by atoms with Gasteiger partial charge in [-0.15, -0.1) is 0 Å². The molecule has 1 amide bonds. The van der Waals surface area contributed by atoms with Gasteiger partial charge in [0.25, 0.3) is 0 Å². The van der Waals surface area contributed by atoms with Crippen LogP contribution < -0.4 is 10.6 Å². The fraction of sp³-hybridized carbons (Fsp3) is 0.235. The molecule has 0 aromatic heterocycles. The Morgan fingerprint density at radius 2 is 1.52 bits per heavy atom. The van der Waals surface area contributed by atoms with Crippen molar-refractivity contribution in [1.82, 2.24) is 10.6 Å². The zero-order valence-corrected chi connectivity index (χ0v) is 12.0. The van der Waals surface area contributed by atoms with E-state index in [0.717, 1.165) is 11.1 Å². The van der Waals surface area contributed by atoms with Crippen molar-refractivity contribution in [2.24, 2.45) is 0 Å². The van der Waals surface area contributed by atoms with E-state index in [1.54, 1.807) is 12.1 Å². The highest BCUT2D eigenvalue weighted by atomic mass is 19.1. The standard InChI is InChI=1S/C17H19FN2O/c1-13-2-4-15(5-3-13)11-20-17(21)12-19-10-14-6-8-16(18)9-7-14/h2-9,19H,10-12H2,1H3,(H,20,21). The van der Waals surface area contributed by atoms with Crippen LogP contribution >= 0.6 is 0 Å². The Kier molecular flexibility index (Phi) is 5.46. The monoisotopic (exact) mass is 286 g/mol. The number of benzene rings is 2. The van der Waals surface area contributed by atoms with Crippen LogP contribution in [0.1, 0.15) is 16.7 Å². The first-order chi connectivity index (χ1) is 10.1. The first-order valence-corrected chi connectivity index (χ1v) is 6.91. The third-order valence-electron chi connectivity index (χ3n) is 3.14. The molecule has 0 unspecified atom stereocenters. The first kappa shape index (κ1) is 15.2. The smallest absolute Gasteiger partial charge is 0.234 e. The summed E-state index contributed by atoms with van der Waals surface area (Å²) in [4.78, 5) is 11.7. The number of hydrogen-bond acceptors (Lipinski definition) is 2. The molecule has 0 atom stereocenters. The lowest BCUT2D eigenvalue weighted by Crippen LogP contribution is -2.33. The Morgan fingerprint density at radius 3 is 2.19 bits per heavy atom. The van der Waals surface area contributed by atoms with Crippen molar-refractivity contribution in [1.29, 1.82) is 0 Å². The Hall–Kier alpha value is -2.20. The number of rotatable bonds is 6. The van der Waals surface area contributed by atoms with E-state index in [1.165, 1.54) is 17.7 Å². The van der Waals surface area contributed by atoms with Crippen molar-refractivity contribution in [3.63, 3.8) is 0 Å². The van der Waals surface area contributed by atoms with Gasteiger partial charge in [0.2, 0.25) is 5.91 Å². The summed E-state index contributed by atoms with van der Waals surface area (Å²) < 4.78 is 12.7. The fourth-order valence-electron chi connectivity index (χ4n) is 1.89. The maximum absolute atomic E-state index is 12.7. The molecule has 0 aliphatic carbocycles. The van der Waals surface area contributed by atoms with Crippen LogP contribution in [0.4, 0.5) is 4.39 Å². The highest BCUT2D eigenvalue weighted by molar-refractivity contribution is 5.77. The molecule has 110 valence electrons. The van der Waals surface area contributed by atoms with E-state index in [2.05, 4.69) is 10.6 Å². The molecule has 4 heteroatoms. The molecule has 0 fully saturated rings. The lowest BCUT2D eigenvalue weighted by atomic mass is 10.1. The van der Waals surface area contributed by atoms with E-state index >= 15 is 0 Å². The molecule has 0 radical (unpaired) electrons. The van der Waals surface area contributed by atoms with Gasteiger partial charge in [-0.25, -0.2) is 4.39 Å². The van der Waals surface area contributed by atoms with Crippen molar-refractivity contribution in [2.75, 3.05) is 6.54 Å². The molecule has 0 heterocycles. The molecular weight excluding hydrogens is 267 g/mol. The van der Waals surface area contributed by atoms with Crippen LogP contribution in [0.5, 0.6) is 0 Å².